The van der Waals surface area contributed by atoms with Gasteiger partial charge in [0.15, 0.2) is 0 Å². The number of rotatable bonds is 2. The second-order valence-corrected chi connectivity index (χ2v) is 4.95. The van der Waals surface area contributed by atoms with Crippen LogP contribution in [0.15, 0.2) is 47.2 Å². The molecule has 0 saturated carbocycles. The van der Waals surface area contributed by atoms with Crippen molar-refractivity contribution in [3.8, 4) is 6.07 Å². The summed E-state index contributed by atoms with van der Waals surface area (Å²) in [6.45, 7) is 1.99. The molecule has 0 aliphatic rings. The van der Waals surface area contributed by atoms with Crippen LogP contribution in [0.25, 0.3) is 11.3 Å². The molecular formula is C15H12BrN3. The van der Waals surface area contributed by atoms with Crippen LogP contribution < -0.4 is 5.73 Å². The minimum absolute atomic E-state index is 0.462. The van der Waals surface area contributed by atoms with E-state index in [1.807, 2.05) is 25.1 Å². The molecule has 0 bridgehead atoms. The first kappa shape index (κ1) is 13.3. The van der Waals surface area contributed by atoms with Crippen LogP contribution in [0.2, 0.25) is 0 Å². The van der Waals surface area contributed by atoms with Crippen LogP contribution >= 0.6 is 15.9 Å². The Hall–Kier alpha value is -2.12. The number of pyridine rings is 1. The molecule has 0 amide bonds. The minimum atomic E-state index is 0.462. The summed E-state index contributed by atoms with van der Waals surface area (Å²) in [5.74, 6) is 0. The lowest BCUT2D eigenvalue weighted by Crippen LogP contribution is -2.01. The van der Waals surface area contributed by atoms with Gasteiger partial charge in [0.05, 0.1) is 11.3 Å². The fourth-order valence-corrected chi connectivity index (χ4v) is 2.00. The van der Waals surface area contributed by atoms with Gasteiger partial charge >= 0.3 is 0 Å². The van der Waals surface area contributed by atoms with E-state index >= 15 is 0 Å². The first-order valence-corrected chi connectivity index (χ1v) is 6.49. The molecular weight excluding hydrogens is 302 g/mol. The lowest BCUT2D eigenvalue weighted by Gasteiger charge is -2.08. The van der Waals surface area contributed by atoms with Crippen molar-refractivity contribution in [3.63, 3.8) is 0 Å². The number of nitrogens with two attached hydrogens (primary N) is 1. The number of hydrogen-bond donors (Lipinski definition) is 1. The zero-order chi connectivity index (χ0) is 13.8. The van der Waals surface area contributed by atoms with E-state index in [0.29, 0.717) is 11.3 Å². The fraction of sp³-hybridized carbons (Fsp3) is 0.0667. The lowest BCUT2D eigenvalue weighted by atomic mass is 10.0. The van der Waals surface area contributed by atoms with Crippen molar-refractivity contribution < 1.29 is 0 Å². The topological polar surface area (TPSA) is 62.7 Å². The Morgan fingerprint density at radius 2 is 1.89 bits per heavy atom. The van der Waals surface area contributed by atoms with Gasteiger partial charge in [-0.25, -0.2) is 0 Å². The SMILES string of the molecule is Cc1cc(/C(N)=C(/C#N)c2ccncc2)ccc1Br. The average molecular weight is 314 g/mol. The van der Waals surface area contributed by atoms with E-state index in [9.17, 15) is 5.26 Å². The average Bonchev–Trinajstić information content (AvgIpc) is 2.44. The van der Waals surface area contributed by atoms with Crippen LogP contribution in [0.5, 0.6) is 0 Å². The third-order valence-electron chi connectivity index (χ3n) is 2.82. The number of aryl methyl sites for hydroxylation is 1. The maximum atomic E-state index is 9.32. The molecule has 19 heavy (non-hydrogen) atoms. The number of nitrogens with zero attached hydrogens (tertiary/aromatic N) is 2. The van der Waals surface area contributed by atoms with Crippen LogP contribution in [-0.2, 0) is 0 Å². The molecule has 0 aliphatic heterocycles. The van der Waals surface area contributed by atoms with Crippen molar-refractivity contribution in [2.24, 2.45) is 5.73 Å². The third-order valence-corrected chi connectivity index (χ3v) is 3.71. The zero-order valence-electron chi connectivity index (χ0n) is 10.4. The number of benzene rings is 1. The molecule has 0 radical (unpaired) electrons. The Bertz CT molecular complexity index is 670. The van der Waals surface area contributed by atoms with Gasteiger partial charge in [0.2, 0.25) is 0 Å². The minimum Gasteiger partial charge on any atom is -0.397 e. The Morgan fingerprint density at radius 1 is 1.21 bits per heavy atom. The molecule has 0 saturated heterocycles. The number of aromatic nitrogens is 1. The van der Waals surface area contributed by atoms with Crippen LogP contribution in [-0.4, -0.2) is 4.98 Å². The second kappa shape index (κ2) is 5.68. The van der Waals surface area contributed by atoms with Gasteiger partial charge in [-0.2, -0.15) is 5.26 Å². The van der Waals surface area contributed by atoms with Crippen molar-refractivity contribution in [1.82, 2.24) is 4.98 Å². The van der Waals surface area contributed by atoms with Crippen LogP contribution in [0.3, 0.4) is 0 Å². The van der Waals surface area contributed by atoms with Gasteiger partial charge in [-0.15, -0.1) is 0 Å². The molecule has 2 N–H and O–H groups in total. The largest absolute Gasteiger partial charge is 0.397 e. The van der Waals surface area contributed by atoms with E-state index in [2.05, 4.69) is 27.0 Å². The van der Waals surface area contributed by atoms with E-state index in [4.69, 9.17) is 5.73 Å². The molecule has 0 unspecified atom stereocenters. The zero-order valence-corrected chi connectivity index (χ0v) is 12.0. The summed E-state index contributed by atoms with van der Waals surface area (Å²) in [7, 11) is 0. The predicted molar refractivity (Wildman–Crippen MR) is 79.7 cm³/mol. The standard InChI is InChI=1S/C15H12BrN3/c1-10-8-12(2-3-14(10)16)15(18)13(9-17)11-4-6-19-7-5-11/h2-8H,18H2,1H3/b15-13+. The molecule has 3 nitrogen and oxygen atoms in total. The number of hydrogen-bond acceptors (Lipinski definition) is 3. The van der Waals surface area contributed by atoms with Crippen molar-refractivity contribution in [2.75, 3.05) is 0 Å². The smallest absolute Gasteiger partial charge is 0.102 e. The summed E-state index contributed by atoms with van der Waals surface area (Å²) < 4.78 is 1.02. The summed E-state index contributed by atoms with van der Waals surface area (Å²) in [5.41, 5.74) is 9.75. The van der Waals surface area contributed by atoms with Gasteiger partial charge in [-0.05, 0) is 47.9 Å². The molecule has 4 heteroatoms. The maximum Gasteiger partial charge on any atom is 0.102 e. The van der Waals surface area contributed by atoms with Crippen molar-refractivity contribution in [3.05, 3.63) is 63.9 Å². The summed E-state index contributed by atoms with van der Waals surface area (Å²) in [5, 5.41) is 9.32. The number of allylic oxidation sites excluding steroid dienone is 1. The molecule has 2 aromatic rings. The molecule has 94 valence electrons. The molecule has 0 spiro atoms. The second-order valence-electron chi connectivity index (χ2n) is 4.10. The van der Waals surface area contributed by atoms with Gasteiger partial charge in [-0.3, -0.25) is 4.98 Å². The van der Waals surface area contributed by atoms with Crippen LogP contribution in [0.1, 0.15) is 16.7 Å². The summed E-state index contributed by atoms with van der Waals surface area (Å²) in [6, 6.07) is 11.5. The first-order chi connectivity index (χ1) is 9.13. The maximum absolute atomic E-state index is 9.32. The fourth-order valence-electron chi connectivity index (χ4n) is 1.76. The summed E-state index contributed by atoms with van der Waals surface area (Å²) >= 11 is 3.45. The predicted octanol–water partition coefficient (Wildman–Crippen LogP) is 3.50. The normalized spacial score (nSPS) is 11.6. The van der Waals surface area contributed by atoms with Gasteiger partial charge in [0.1, 0.15) is 6.07 Å². The number of nitriles is 1. The van der Waals surface area contributed by atoms with Gasteiger partial charge in [0, 0.05) is 16.9 Å². The van der Waals surface area contributed by atoms with Crippen molar-refractivity contribution in [1.29, 1.82) is 5.26 Å². The summed E-state index contributed by atoms with van der Waals surface area (Å²) in [6.07, 6.45) is 3.29. The first-order valence-electron chi connectivity index (χ1n) is 5.70. The van der Waals surface area contributed by atoms with Crippen molar-refractivity contribution >= 4 is 27.2 Å². The molecule has 0 aliphatic carbocycles. The Morgan fingerprint density at radius 3 is 2.47 bits per heavy atom. The highest BCUT2D eigenvalue weighted by atomic mass is 79.9. The van der Waals surface area contributed by atoms with Crippen LogP contribution in [0, 0.1) is 18.3 Å². The van der Waals surface area contributed by atoms with E-state index in [1.165, 1.54) is 0 Å². The van der Waals surface area contributed by atoms with E-state index in [0.717, 1.165) is 21.2 Å². The Balaban J connectivity index is 2.56. The highest BCUT2D eigenvalue weighted by molar-refractivity contribution is 9.10. The van der Waals surface area contributed by atoms with Gasteiger partial charge in [0.25, 0.3) is 0 Å². The summed E-state index contributed by atoms with van der Waals surface area (Å²) in [4.78, 5) is 3.94. The van der Waals surface area contributed by atoms with E-state index in [1.54, 1.807) is 24.5 Å². The third kappa shape index (κ3) is 2.83. The highest BCUT2D eigenvalue weighted by Crippen LogP contribution is 2.25. The molecule has 1 aromatic carbocycles. The molecule has 1 heterocycles. The molecule has 2 rings (SSSR count). The highest BCUT2D eigenvalue weighted by Gasteiger charge is 2.09. The van der Waals surface area contributed by atoms with E-state index < -0.39 is 0 Å². The molecule has 0 fully saturated rings. The van der Waals surface area contributed by atoms with E-state index in [-0.39, 0.29) is 0 Å². The molecule has 0 atom stereocenters. The molecule has 1 aromatic heterocycles. The number of halogens is 1. The van der Waals surface area contributed by atoms with Crippen LogP contribution in [0.4, 0.5) is 0 Å². The monoisotopic (exact) mass is 313 g/mol. The lowest BCUT2D eigenvalue weighted by molar-refractivity contribution is 1.31. The van der Waals surface area contributed by atoms with Gasteiger partial charge in [-0.1, -0.05) is 22.0 Å². The Labute approximate surface area is 120 Å². The quantitative estimate of drug-likeness (QED) is 0.863. The Kier molecular flexibility index (Phi) is 3.98. The van der Waals surface area contributed by atoms with Crippen molar-refractivity contribution in [2.45, 2.75) is 6.92 Å². The van der Waals surface area contributed by atoms with Gasteiger partial charge < -0.3 is 5.73 Å².